The van der Waals surface area contributed by atoms with Crippen molar-refractivity contribution in [3.8, 4) is 0 Å². The minimum absolute atomic E-state index is 0.0576. The Labute approximate surface area is 180 Å². The molecule has 2 aromatic rings. The van der Waals surface area contributed by atoms with Crippen LogP contribution in [-0.4, -0.2) is 38.8 Å². The van der Waals surface area contributed by atoms with Gasteiger partial charge < -0.3 is 10.6 Å². The number of amides is 1. The number of rotatable bonds is 6. The van der Waals surface area contributed by atoms with Crippen LogP contribution in [-0.2, 0) is 10.0 Å². The van der Waals surface area contributed by atoms with Crippen molar-refractivity contribution in [1.29, 1.82) is 0 Å². The molecule has 0 saturated heterocycles. The predicted molar refractivity (Wildman–Crippen MR) is 120 cm³/mol. The summed E-state index contributed by atoms with van der Waals surface area (Å²) in [6, 6.07) is 12.7. The average molecular weight is 480 g/mol. The van der Waals surface area contributed by atoms with Gasteiger partial charge in [0.2, 0.25) is 10.0 Å². The van der Waals surface area contributed by atoms with Crippen LogP contribution in [0.25, 0.3) is 0 Å². The molecule has 0 atom stereocenters. The zero-order valence-corrected chi connectivity index (χ0v) is 19.0. The summed E-state index contributed by atoms with van der Waals surface area (Å²) in [4.78, 5) is 12.7. The van der Waals surface area contributed by atoms with Crippen molar-refractivity contribution < 1.29 is 13.2 Å². The van der Waals surface area contributed by atoms with E-state index in [1.807, 2.05) is 24.3 Å². The molecule has 0 radical (unpaired) electrons. The molecule has 1 fully saturated rings. The summed E-state index contributed by atoms with van der Waals surface area (Å²) in [7, 11) is -0.747. The summed E-state index contributed by atoms with van der Waals surface area (Å²) in [6.45, 7) is 0. The van der Waals surface area contributed by atoms with Crippen molar-refractivity contribution in [1.82, 2.24) is 4.31 Å². The van der Waals surface area contributed by atoms with Gasteiger partial charge in [-0.3, -0.25) is 4.79 Å². The molecule has 8 heteroatoms. The second-order valence-electron chi connectivity index (χ2n) is 7.44. The van der Waals surface area contributed by atoms with Crippen LogP contribution >= 0.6 is 15.9 Å². The van der Waals surface area contributed by atoms with Crippen molar-refractivity contribution in [2.75, 3.05) is 24.7 Å². The van der Waals surface area contributed by atoms with E-state index in [4.69, 9.17) is 0 Å². The van der Waals surface area contributed by atoms with Gasteiger partial charge in [-0.05, 0) is 71.2 Å². The van der Waals surface area contributed by atoms with Gasteiger partial charge in [0.05, 0.1) is 4.90 Å². The zero-order valence-electron chi connectivity index (χ0n) is 16.6. The van der Waals surface area contributed by atoms with Gasteiger partial charge in [-0.2, -0.15) is 0 Å². The first kappa shape index (κ1) is 21.8. The van der Waals surface area contributed by atoms with Gasteiger partial charge in [-0.25, -0.2) is 12.7 Å². The molecule has 0 bridgehead atoms. The Kier molecular flexibility index (Phi) is 6.97. The topological polar surface area (TPSA) is 78.5 Å². The van der Waals surface area contributed by atoms with Gasteiger partial charge in [0.15, 0.2) is 0 Å². The average Bonchev–Trinajstić information content (AvgIpc) is 2.70. The Morgan fingerprint density at radius 2 is 1.62 bits per heavy atom. The van der Waals surface area contributed by atoms with Crippen LogP contribution in [0, 0.1) is 0 Å². The second kappa shape index (κ2) is 9.28. The third-order valence-electron chi connectivity index (χ3n) is 5.07. The lowest BCUT2D eigenvalue weighted by atomic mass is 9.95. The Balaban J connectivity index is 1.70. The first-order chi connectivity index (χ1) is 13.8. The number of anilines is 2. The van der Waals surface area contributed by atoms with Crippen molar-refractivity contribution >= 4 is 43.2 Å². The Morgan fingerprint density at radius 3 is 2.24 bits per heavy atom. The number of nitrogens with zero attached hydrogens (tertiary/aromatic N) is 1. The van der Waals surface area contributed by atoms with E-state index in [0.717, 1.165) is 9.99 Å². The summed E-state index contributed by atoms with van der Waals surface area (Å²) < 4.78 is 26.4. The van der Waals surface area contributed by atoms with Gasteiger partial charge in [0.1, 0.15) is 0 Å². The molecular formula is C21H26BrN3O3S. The van der Waals surface area contributed by atoms with Gasteiger partial charge in [0, 0.05) is 41.5 Å². The van der Waals surface area contributed by atoms with E-state index in [1.54, 1.807) is 12.1 Å². The standard InChI is InChI=1S/C21H26BrN3O3S/c1-25(2)29(27,28)20-14-15(8-13-19(20)22)21(26)24-18-11-9-17(10-12-18)23-16-6-4-3-5-7-16/h8-14,16,23H,3-7H2,1-2H3,(H,24,26). The maximum Gasteiger partial charge on any atom is 0.255 e. The van der Waals surface area contributed by atoms with E-state index >= 15 is 0 Å². The SMILES string of the molecule is CN(C)S(=O)(=O)c1cc(C(=O)Nc2ccc(NC3CCCCC3)cc2)ccc1Br. The fourth-order valence-corrected chi connectivity index (χ4v) is 5.22. The molecule has 1 aliphatic carbocycles. The number of carbonyl (C=O) groups excluding carboxylic acids is 1. The minimum atomic E-state index is -3.66. The highest BCUT2D eigenvalue weighted by Gasteiger charge is 2.22. The molecule has 2 aromatic carbocycles. The molecule has 0 aliphatic heterocycles. The lowest BCUT2D eigenvalue weighted by Gasteiger charge is -2.23. The van der Waals surface area contributed by atoms with Crippen LogP contribution in [0.1, 0.15) is 42.5 Å². The number of benzene rings is 2. The molecule has 6 nitrogen and oxygen atoms in total. The van der Waals surface area contributed by atoms with Crippen LogP contribution < -0.4 is 10.6 Å². The first-order valence-electron chi connectivity index (χ1n) is 9.67. The molecule has 0 spiro atoms. The molecule has 3 rings (SSSR count). The fraction of sp³-hybridized carbons (Fsp3) is 0.381. The van der Waals surface area contributed by atoms with E-state index in [2.05, 4.69) is 26.6 Å². The highest BCUT2D eigenvalue weighted by atomic mass is 79.9. The van der Waals surface area contributed by atoms with Crippen molar-refractivity contribution in [2.45, 2.75) is 43.0 Å². The maximum atomic E-state index is 12.6. The zero-order chi connectivity index (χ0) is 21.0. The van der Waals surface area contributed by atoms with E-state index in [9.17, 15) is 13.2 Å². The monoisotopic (exact) mass is 479 g/mol. The predicted octanol–water partition coefficient (Wildman–Crippen LogP) is 4.70. The number of nitrogens with one attached hydrogen (secondary N) is 2. The number of halogens is 1. The first-order valence-corrected chi connectivity index (χ1v) is 11.9. The van der Waals surface area contributed by atoms with Crippen LogP contribution in [0.15, 0.2) is 51.8 Å². The fourth-order valence-electron chi connectivity index (χ4n) is 3.37. The molecule has 1 saturated carbocycles. The van der Waals surface area contributed by atoms with Crippen LogP contribution in [0.2, 0.25) is 0 Å². The molecule has 2 N–H and O–H groups in total. The third-order valence-corrected chi connectivity index (χ3v) is 7.88. The minimum Gasteiger partial charge on any atom is -0.382 e. The van der Waals surface area contributed by atoms with Crippen LogP contribution in [0.5, 0.6) is 0 Å². The number of carbonyl (C=O) groups is 1. The Hall–Kier alpha value is -1.90. The van der Waals surface area contributed by atoms with Crippen molar-refractivity contribution in [3.63, 3.8) is 0 Å². The van der Waals surface area contributed by atoms with Gasteiger partial charge >= 0.3 is 0 Å². The molecule has 0 heterocycles. The number of hydrogen-bond acceptors (Lipinski definition) is 4. The highest BCUT2D eigenvalue weighted by Crippen LogP contribution is 2.26. The van der Waals surface area contributed by atoms with E-state index in [-0.39, 0.29) is 16.4 Å². The maximum absolute atomic E-state index is 12.6. The van der Waals surface area contributed by atoms with Crippen LogP contribution in [0.4, 0.5) is 11.4 Å². The Bertz CT molecular complexity index is 969. The molecule has 29 heavy (non-hydrogen) atoms. The molecular weight excluding hydrogens is 454 g/mol. The van der Waals surface area contributed by atoms with Gasteiger partial charge in [-0.1, -0.05) is 19.3 Å². The lowest BCUT2D eigenvalue weighted by molar-refractivity contribution is 0.102. The summed E-state index contributed by atoms with van der Waals surface area (Å²) in [5.74, 6) is -0.360. The smallest absolute Gasteiger partial charge is 0.255 e. The van der Waals surface area contributed by atoms with Crippen LogP contribution in [0.3, 0.4) is 0 Å². The second-order valence-corrected chi connectivity index (χ2v) is 10.4. The lowest BCUT2D eigenvalue weighted by Crippen LogP contribution is -2.23. The molecule has 0 unspecified atom stereocenters. The number of sulfonamides is 1. The van der Waals surface area contributed by atoms with Gasteiger partial charge in [-0.15, -0.1) is 0 Å². The van der Waals surface area contributed by atoms with E-state index in [1.165, 1.54) is 52.3 Å². The molecule has 1 amide bonds. The summed E-state index contributed by atoms with van der Waals surface area (Å²) >= 11 is 3.25. The van der Waals surface area contributed by atoms with E-state index < -0.39 is 10.0 Å². The molecule has 0 aromatic heterocycles. The quantitative estimate of drug-likeness (QED) is 0.629. The Morgan fingerprint density at radius 1 is 1.00 bits per heavy atom. The van der Waals surface area contributed by atoms with E-state index in [0.29, 0.717) is 16.2 Å². The number of hydrogen-bond donors (Lipinski definition) is 2. The summed E-state index contributed by atoms with van der Waals surface area (Å²) in [6.07, 6.45) is 6.24. The summed E-state index contributed by atoms with van der Waals surface area (Å²) in [5.41, 5.74) is 1.97. The molecule has 156 valence electrons. The normalized spacial score (nSPS) is 15.3. The largest absolute Gasteiger partial charge is 0.382 e. The van der Waals surface area contributed by atoms with Crippen molar-refractivity contribution in [2.24, 2.45) is 0 Å². The van der Waals surface area contributed by atoms with Crippen molar-refractivity contribution in [3.05, 3.63) is 52.5 Å². The van der Waals surface area contributed by atoms with Gasteiger partial charge in [0.25, 0.3) is 5.91 Å². The summed E-state index contributed by atoms with van der Waals surface area (Å²) in [5, 5.41) is 6.37. The third kappa shape index (κ3) is 5.38. The molecule has 1 aliphatic rings. The highest BCUT2D eigenvalue weighted by molar-refractivity contribution is 9.10.